The number of hydrogen-bond acceptors (Lipinski definition) is 8. The number of amides is 1. The molecule has 0 radical (unpaired) electrons. The van der Waals surface area contributed by atoms with Gasteiger partial charge in [-0.2, -0.15) is 9.78 Å². The van der Waals surface area contributed by atoms with Crippen LogP contribution in [0.2, 0.25) is 0 Å². The van der Waals surface area contributed by atoms with Gasteiger partial charge in [0.25, 0.3) is 11.5 Å². The van der Waals surface area contributed by atoms with Gasteiger partial charge >= 0.3 is 0 Å². The van der Waals surface area contributed by atoms with Gasteiger partial charge in [0.1, 0.15) is 16.5 Å². The molecule has 0 bridgehead atoms. The van der Waals surface area contributed by atoms with Crippen LogP contribution in [0.25, 0.3) is 16.2 Å². The Hall–Kier alpha value is -3.05. The first kappa shape index (κ1) is 24.1. The summed E-state index contributed by atoms with van der Waals surface area (Å²) in [6.45, 7) is 11.9. The zero-order valence-corrected chi connectivity index (χ0v) is 21.6. The Bertz CT molecular complexity index is 1400. The molecule has 4 heterocycles. The van der Waals surface area contributed by atoms with E-state index in [1.807, 2.05) is 26.8 Å². The quantitative estimate of drug-likeness (QED) is 0.411. The van der Waals surface area contributed by atoms with Crippen LogP contribution in [-0.2, 0) is 16.0 Å². The molecule has 34 heavy (non-hydrogen) atoms. The van der Waals surface area contributed by atoms with E-state index < -0.39 is 5.25 Å². The topological polar surface area (TPSA) is 118 Å². The molecular weight excluding hydrogens is 470 g/mol. The van der Waals surface area contributed by atoms with E-state index in [4.69, 9.17) is 0 Å². The third-order valence-electron chi connectivity index (χ3n) is 5.40. The number of carbonyl (C=O) groups excluding carboxylic acids is 1. The van der Waals surface area contributed by atoms with Crippen molar-refractivity contribution in [1.82, 2.24) is 29.7 Å². The van der Waals surface area contributed by atoms with Gasteiger partial charge in [-0.1, -0.05) is 20.8 Å². The molecule has 9 nitrogen and oxygen atoms in total. The lowest BCUT2D eigenvalue weighted by atomic mass is 9.92. The molecule has 4 aromatic rings. The van der Waals surface area contributed by atoms with E-state index in [-0.39, 0.29) is 16.9 Å². The third kappa shape index (κ3) is 4.90. The molecule has 1 atom stereocenters. The van der Waals surface area contributed by atoms with Gasteiger partial charge in [0.05, 0.1) is 22.1 Å². The van der Waals surface area contributed by atoms with Gasteiger partial charge in [0.2, 0.25) is 5.91 Å². The number of thiophene rings is 1. The first-order valence-electron chi connectivity index (χ1n) is 10.8. The smallest absolute Gasteiger partial charge is 0.259 e. The van der Waals surface area contributed by atoms with Crippen LogP contribution in [0.3, 0.4) is 0 Å². The molecule has 0 aliphatic carbocycles. The predicted molar refractivity (Wildman–Crippen MR) is 137 cm³/mol. The highest BCUT2D eigenvalue weighted by molar-refractivity contribution is 7.99. The van der Waals surface area contributed by atoms with E-state index in [0.29, 0.717) is 28.7 Å². The minimum Gasteiger partial charge on any atom is -0.310 e. The summed E-state index contributed by atoms with van der Waals surface area (Å²) in [5.74, 6) is 1.66. The lowest BCUT2D eigenvalue weighted by Crippen LogP contribution is -2.24. The summed E-state index contributed by atoms with van der Waals surface area (Å²) in [7, 11) is 0. The lowest BCUT2D eigenvalue weighted by molar-refractivity contribution is -0.115. The summed E-state index contributed by atoms with van der Waals surface area (Å²) in [5.41, 5.74) is 1.43. The highest BCUT2D eigenvalue weighted by atomic mass is 32.2. The Morgan fingerprint density at radius 1 is 1.26 bits per heavy atom. The standard InChI is InChI=1S/C23H27N7O2S2/c1-12-13(2)34-21-18(12)20(32)26-16(27-21)11-33-14(3)19(31)28-17-10-15(23(4,5)6)29-30(17)22-24-8-7-9-25-22/h7-10,14H,11H2,1-6H3,(H,28,31)(H,26,27,32). The number of aromatic amines is 1. The number of H-pyrrole nitrogens is 1. The van der Waals surface area contributed by atoms with Gasteiger partial charge in [-0.3, -0.25) is 9.59 Å². The van der Waals surface area contributed by atoms with Crippen LogP contribution in [-0.4, -0.2) is 40.9 Å². The number of thioether (sulfide) groups is 1. The number of carbonyl (C=O) groups is 1. The number of anilines is 1. The summed E-state index contributed by atoms with van der Waals surface area (Å²) in [4.78, 5) is 43.3. The maximum Gasteiger partial charge on any atom is 0.259 e. The zero-order valence-electron chi connectivity index (χ0n) is 20.0. The van der Waals surface area contributed by atoms with Crippen molar-refractivity contribution in [3.63, 3.8) is 0 Å². The van der Waals surface area contributed by atoms with Crippen molar-refractivity contribution in [3.8, 4) is 5.95 Å². The summed E-state index contributed by atoms with van der Waals surface area (Å²) < 4.78 is 1.55. The van der Waals surface area contributed by atoms with Gasteiger partial charge in [-0.25, -0.2) is 15.0 Å². The monoisotopic (exact) mass is 497 g/mol. The van der Waals surface area contributed by atoms with Crippen molar-refractivity contribution < 1.29 is 4.79 Å². The third-order valence-corrected chi connectivity index (χ3v) is 7.65. The number of fused-ring (bicyclic) bond motifs is 1. The van der Waals surface area contributed by atoms with E-state index in [1.165, 1.54) is 23.1 Å². The fraction of sp³-hybridized carbons (Fsp3) is 0.391. The maximum atomic E-state index is 13.0. The summed E-state index contributed by atoms with van der Waals surface area (Å²) in [6.07, 6.45) is 3.26. The molecule has 0 aliphatic heterocycles. The Labute approximate surface area is 205 Å². The van der Waals surface area contributed by atoms with Gasteiger partial charge in [0, 0.05) is 28.8 Å². The molecule has 2 N–H and O–H groups in total. The zero-order chi connectivity index (χ0) is 24.6. The van der Waals surface area contributed by atoms with Gasteiger partial charge in [-0.15, -0.1) is 23.1 Å². The fourth-order valence-electron chi connectivity index (χ4n) is 3.26. The molecule has 4 aromatic heterocycles. The van der Waals surface area contributed by atoms with Gasteiger partial charge in [0.15, 0.2) is 0 Å². The summed E-state index contributed by atoms with van der Waals surface area (Å²) >= 11 is 2.91. The van der Waals surface area contributed by atoms with Gasteiger partial charge in [-0.05, 0) is 32.4 Å². The normalized spacial score (nSPS) is 12.8. The Morgan fingerprint density at radius 2 is 1.97 bits per heavy atom. The van der Waals surface area contributed by atoms with Crippen LogP contribution in [0.1, 0.15) is 49.7 Å². The van der Waals surface area contributed by atoms with Crippen LogP contribution in [0, 0.1) is 13.8 Å². The molecule has 0 saturated carbocycles. The van der Waals surface area contributed by atoms with E-state index in [1.54, 1.807) is 23.1 Å². The highest BCUT2D eigenvalue weighted by Crippen LogP contribution is 2.28. The molecule has 0 fully saturated rings. The van der Waals surface area contributed by atoms with Crippen LogP contribution >= 0.6 is 23.1 Å². The number of aromatic nitrogens is 6. The highest BCUT2D eigenvalue weighted by Gasteiger charge is 2.24. The van der Waals surface area contributed by atoms with Crippen molar-refractivity contribution in [2.24, 2.45) is 0 Å². The minimum absolute atomic E-state index is 0.138. The molecule has 0 spiro atoms. The second-order valence-electron chi connectivity index (χ2n) is 9.04. The van der Waals surface area contributed by atoms with Crippen molar-refractivity contribution in [1.29, 1.82) is 0 Å². The summed E-state index contributed by atoms with van der Waals surface area (Å²) in [6, 6.07) is 3.57. The second-order valence-corrected chi connectivity index (χ2v) is 11.6. The molecule has 1 amide bonds. The van der Waals surface area contributed by atoms with Crippen LogP contribution in [0.5, 0.6) is 0 Å². The van der Waals surface area contributed by atoms with Crippen LogP contribution in [0.4, 0.5) is 5.82 Å². The van der Waals surface area contributed by atoms with E-state index in [9.17, 15) is 9.59 Å². The number of hydrogen-bond donors (Lipinski definition) is 2. The van der Waals surface area contributed by atoms with Gasteiger partial charge < -0.3 is 10.3 Å². The molecular formula is C23H27N7O2S2. The Kier molecular flexibility index (Phi) is 6.59. The average molecular weight is 498 g/mol. The second kappa shape index (κ2) is 9.30. The van der Waals surface area contributed by atoms with Crippen LogP contribution < -0.4 is 10.9 Å². The molecule has 0 saturated heterocycles. The number of nitrogens with zero attached hydrogens (tertiary/aromatic N) is 5. The Balaban J connectivity index is 1.50. The van der Waals surface area contributed by atoms with Crippen LogP contribution in [0.15, 0.2) is 29.3 Å². The number of rotatable bonds is 6. The molecule has 4 rings (SSSR count). The minimum atomic E-state index is -0.397. The fourth-order valence-corrected chi connectivity index (χ4v) is 5.07. The number of nitrogens with one attached hydrogen (secondary N) is 2. The predicted octanol–water partition coefficient (Wildman–Crippen LogP) is 4.14. The summed E-state index contributed by atoms with van der Waals surface area (Å²) in [5, 5.41) is 7.84. The van der Waals surface area contributed by atoms with E-state index in [2.05, 4.69) is 51.1 Å². The number of aryl methyl sites for hydroxylation is 2. The molecule has 178 valence electrons. The first-order chi connectivity index (χ1) is 16.0. The first-order valence-corrected chi connectivity index (χ1v) is 12.7. The lowest BCUT2D eigenvalue weighted by Gasteiger charge is -2.13. The molecule has 0 aliphatic rings. The van der Waals surface area contributed by atoms with Crippen molar-refractivity contribution in [3.05, 3.63) is 56.8 Å². The van der Waals surface area contributed by atoms with Crippen molar-refractivity contribution in [2.45, 2.75) is 58.0 Å². The van der Waals surface area contributed by atoms with E-state index >= 15 is 0 Å². The molecule has 1 unspecified atom stereocenters. The molecule has 0 aromatic carbocycles. The van der Waals surface area contributed by atoms with Crippen molar-refractivity contribution in [2.75, 3.05) is 5.32 Å². The SMILES string of the molecule is Cc1sc2nc(CSC(C)C(=O)Nc3cc(C(C)(C)C)nn3-c3ncccn3)[nH]c(=O)c2c1C. The molecule has 11 heteroatoms. The largest absolute Gasteiger partial charge is 0.310 e. The Morgan fingerprint density at radius 3 is 2.65 bits per heavy atom. The maximum absolute atomic E-state index is 13.0. The van der Waals surface area contributed by atoms with Crippen molar-refractivity contribution >= 4 is 45.0 Å². The van der Waals surface area contributed by atoms with E-state index in [0.717, 1.165) is 21.0 Å². The average Bonchev–Trinajstić information content (AvgIpc) is 3.33.